The van der Waals surface area contributed by atoms with Crippen LogP contribution in [0.2, 0.25) is 0 Å². The van der Waals surface area contributed by atoms with Crippen LogP contribution in [0.25, 0.3) is 0 Å². The van der Waals surface area contributed by atoms with Gasteiger partial charge >= 0.3 is 0 Å². The molecule has 0 spiro atoms. The Bertz CT molecular complexity index is 292. The summed E-state index contributed by atoms with van der Waals surface area (Å²) < 4.78 is 0. The monoisotopic (exact) mass is 207 g/mol. The van der Waals surface area contributed by atoms with Crippen LogP contribution in [0.3, 0.4) is 0 Å². The number of benzene rings is 1. The van der Waals surface area contributed by atoms with Crippen LogP contribution in [0.5, 0.6) is 0 Å². The van der Waals surface area contributed by atoms with Gasteiger partial charge in [0.2, 0.25) is 0 Å². The Kier molecular flexibility index (Phi) is 2.84. The van der Waals surface area contributed by atoms with Gasteiger partial charge in [0, 0.05) is 16.2 Å². The second-order valence-electron chi connectivity index (χ2n) is 4.26. The first-order valence-corrected chi connectivity index (χ1v) is 6.16. The summed E-state index contributed by atoms with van der Waals surface area (Å²) in [5, 5.41) is 0. The minimum Gasteiger partial charge on any atom is -0.325 e. The molecule has 0 saturated heterocycles. The molecule has 1 aliphatic rings. The van der Waals surface area contributed by atoms with Crippen LogP contribution >= 0.6 is 11.8 Å². The highest BCUT2D eigenvalue weighted by molar-refractivity contribution is 7.99. The van der Waals surface area contributed by atoms with Crippen LogP contribution in [0.15, 0.2) is 35.2 Å². The highest BCUT2D eigenvalue weighted by Gasteiger charge is 2.42. The Morgan fingerprint density at radius 3 is 2.57 bits per heavy atom. The van der Waals surface area contributed by atoms with Gasteiger partial charge in [-0.2, -0.15) is 0 Å². The molecule has 0 amide bonds. The fourth-order valence-electron chi connectivity index (χ4n) is 1.54. The summed E-state index contributed by atoms with van der Waals surface area (Å²) in [5.41, 5.74) is 6.31. The average Bonchev–Trinajstić information content (AvgIpc) is 2.96. The maximum Gasteiger partial charge on any atom is 0.0189 e. The van der Waals surface area contributed by atoms with Crippen molar-refractivity contribution >= 4 is 11.8 Å². The molecule has 1 aromatic carbocycles. The molecule has 1 aliphatic carbocycles. The molecule has 0 radical (unpaired) electrons. The normalized spacial score (nSPS) is 20.4. The van der Waals surface area contributed by atoms with E-state index in [0.29, 0.717) is 5.92 Å². The topological polar surface area (TPSA) is 26.0 Å². The molecule has 0 heterocycles. The van der Waals surface area contributed by atoms with Crippen LogP contribution in [0.4, 0.5) is 0 Å². The molecular formula is C12H17NS. The minimum absolute atomic E-state index is 0.168. The lowest BCUT2D eigenvalue weighted by molar-refractivity contribution is 0.486. The molecule has 2 heteroatoms. The zero-order chi connectivity index (χ0) is 10.0. The number of thioether (sulfide) groups is 1. The van der Waals surface area contributed by atoms with Gasteiger partial charge in [0.1, 0.15) is 0 Å². The molecule has 1 saturated carbocycles. The molecule has 0 bridgehead atoms. The van der Waals surface area contributed by atoms with Gasteiger partial charge in [-0.3, -0.25) is 0 Å². The van der Waals surface area contributed by atoms with E-state index in [1.54, 1.807) is 0 Å². The van der Waals surface area contributed by atoms with E-state index in [9.17, 15) is 0 Å². The maximum absolute atomic E-state index is 6.14. The van der Waals surface area contributed by atoms with Crippen molar-refractivity contribution in [1.82, 2.24) is 0 Å². The summed E-state index contributed by atoms with van der Waals surface area (Å²) in [6.07, 6.45) is 2.42. The smallest absolute Gasteiger partial charge is 0.0189 e. The van der Waals surface area contributed by atoms with Gasteiger partial charge in [0.05, 0.1) is 0 Å². The molecule has 76 valence electrons. The quantitative estimate of drug-likeness (QED) is 0.768. The molecule has 2 rings (SSSR count). The fourth-order valence-corrected chi connectivity index (χ4v) is 2.67. The van der Waals surface area contributed by atoms with Gasteiger partial charge in [0.25, 0.3) is 0 Å². The minimum atomic E-state index is 0.168. The van der Waals surface area contributed by atoms with Crippen molar-refractivity contribution in [2.24, 2.45) is 11.7 Å². The van der Waals surface area contributed by atoms with E-state index in [1.165, 1.54) is 17.7 Å². The third-order valence-electron chi connectivity index (χ3n) is 3.05. The first kappa shape index (κ1) is 10.1. The number of rotatable bonds is 4. The largest absolute Gasteiger partial charge is 0.325 e. The molecule has 1 nitrogen and oxygen atoms in total. The van der Waals surface area contributed by atoms with Gasteiger partial charge in [-0.15, -0.1) is 11.8 Å². The number of hydrogen-bond donors (Lipinski definition) is 1. The molecule has 0 aliphatic heterocycles. The summed E-state index contributed by atoms with van der Waals surface area (Å²) in [6.45, 7) is 2.27. The summed E-state index contributed by atoms with van der Waals surface area (Å²) in [7, 11) is 0. The second kappa shape index (κ2) is 3.95. The predicted molar refractivity (Wildman–Crippen MR) is 62.5 cm³/mol. The van der Waals surface area contributed by atoms with E-state index in [2.05, 4.69) is 37.3 Å². The van der Waals surface area contributed by atoms with E-state index < -0.39 is 0 Å². The van der Waals surface area contributed by atoms with Crippen molar-refractivity contribution in [3.8, 4) is 0 Å². The zero-order valence-electron chi connectivity index (χ0n) is 8.57. The van der Waals surface area contributed by atoms with E-state index >= 15 is 0 Å². The highest BCUT2D eigenvalue weighted by Crippen LogP contribution is 2.41. The summed E-state index contributed by atoms with van der Waals surface area (Å²) in [4.78, 5) is 1.35. The van der Waals surface area contributed by atoms with Crippen LogP contribution in [-0.2, 0) is 0 Å². The highest BCUT2D eigenvalue weighted by atomic mass is 32.2. The van der Waals surface area contributed by atoms with E-state index in [1.807, 2.05) is 11.8 Å². The van der Waals surface area contributed by atoms with Crippen molar-refractivity contribution < 1.29 is 0 Å². The van der Waals surface area contributed by atoms with Gasteiger partial charge in [-0.25, -0.2) is 0 Å². The molecule has 2 N–H and O–H groups in total. The zero-order valence-corrected chi connectivity index (χ0v) is 9.39. The van der Waals surface area contributed by atoms with Gasteiger partial charge in [0.15, 0.2) is 0 Å². The molecule has 0 aromatic heterocycles. The Labute approximate surface area is 90.1 Å². The maximum atomic E-state index is 6.14. The first-order valence-electron chi connectivity index (χ1n) is 5.17. The van der Waals surface area contributed by atoms with Crippen molar-refractivity contribution in [3.05, 3.63) is 30.3 Å². The third-order valence-corrected chi connectivity index (χ3v) is 4.32. The summed E-state index contributed by atoms with van der Waals surface area (Å²) in [6, 6.07) is 10.5. The number of hydrogen-bond acceptors (Lipinski definition) is 2. The van der Waals surface area contributed by atoms with E-state index in [-0.39, 0.29) is 5.54 Å². The average molecular weight is 207 g/mol. The molecule has 1 atom stereocenters. The van der Waals surface area contributed by atoms with E-state index in [4.69, 9.17) is 5.73 Å². The van der Waals surface area contributed by atoms with Crippen molar-refractivity contribution in [2.75, 3.05) is 5.75 Å². The molecule has 1 fully saturated rings. The van der Waals surface area contributed by atoms with Crippen molar-refractivity contribution in [2.45, 2.75) is 30.2 Å². The van der Waals surface area contributed by atoms with Crippen LogP contribution < -0.4 is 5.73 Å². The predicted octanol–water partition coefficient (Wildman–Crippen LogP) is 2.91. The SMILES string of the molecule is CC(CSc1ccccc1)C1(N)CC1. The lowest BCUT2D eigenvalue weighted by Gasteiger charge is -2.17. The molecule has 1 unspecified atom stereocenters. The Hall–Kier alpha value is -0.470. The second-order valence-corrected chi connectivity index (χ2v) is 5.35. The Morgan fingerprint density at radius 1 is 1.36 bits per heavy atom. The fraction of sp³-hybridized carbons (Fsp3) is 0.500. The van der Waals surface area contributed by atoms with Crippen molar-refractivity contribution in [3.63, 3.8) is 0 Å². The third kappa shape index (κ3) is 2.31. The molecular weight excluding hydrogens is 190 g/mol. The summed E-state index contributed by atoms with van der Waals surface area (Å²) in [5.74, 6) is 1.77. The summed E-state index contributed by atoms with van der Waals surface area (Å²) >= 11 is 1.92. The Morgan fingerprint density at radius 2 is 2.00 bits per heavy atom. The first-order chi connectivity index (χ1) is 6.71. The molecule has 1 aromatic rings. The van der Waals surface area contributed by atoms with Crippen LogP contribution in [0.1, 0.15) is 19.8 Å². The van der Waals surface area contributed by atoms with Gasteiger partial charge in [-0.1, -0.05) is 25.1 Å². The number of nitrogens with two attached hydrogens (primary N) is 1. The van der Waals surface area contributed by atoms with Crippen LogP contribution in [0, 0.1) is 5.92 Å². The van der Waals surface area contributed by atoms with Gasteiger partial charge in [-0.05, 0) is 30.9 Å². The van der Waals surface area contributed by atoms with Crippen LogP contribution in [-0.4, -0.2) is 11.3 Å². The van der Waals surface area contributed by atoms with Crippen molar-refractivity contribution in [1.29, 1.82) is 0 Å². The molecule has 14 heavy (non-hydrogen) atoms. The van der Waals surface area contributed by atoms with Gasteiger partial charge < -0.3 is 5.73 Å². The van der Waals surface area contributed by atoms with E-state index in [0.717, 1.165) is 5.75 Å². The standard InChI is InChI=1S/C12H17NS/c1-10(12(13)7-8-12)9-14-11-5-3-2-4-6-11/h2-6,10H,7-9,13H2,1H3. The lowest BCUT2D eigenvalue weighted by atomic mass is 10.0. The Balaban J connectivity index is 1.83. The lowest BCUT2D eigenvalue weighted by Crippen LogP contribution is -2.31.